The van der Waals surface area contributed by atoms with Gasteiger partial charge in [0.25, 0.3) is 0 Å². The van der Waals surface area contributed by atoms with Crippen LogP contribution in [0.5, 0.6) is 11.5 Å². The standard InChI is InChI=1S/C22H24Br2O2/c1-4-5-13-12-15-17(24)7-9-19(26-3)21(15)22(13)11-10-14-16(23)6-8-18(25-2)20(14)22/h6-9,13H,4-5,10-12H2,1-3H3/t13-,22-/m0/s1. The molecule has 2 aliphatic rings. The van der Waals surface area contributed by atoms with Crippen LogP contribution < -0.4 is 9.47 Å². The molecule has 4 rings (SSSR count). The minimum atomic E-state index is -0.0229. The van der Waals surface area contributed by atoms with E-state index in [1.54, 1.807) is 14.2 Å². The van der Waals surface area contributed by atoms with E-state index in [1.165, 1.54) is 44.0 Å². The molecule has 2 nitrogen and oxygen atoms in total. The number of halogens is 2. The van der Waals surface area contributed by atoms with Gasteiger partial charge in [-0.2, -0.15) is 0 Å². The Morgan fingerprint density at radius 2 is 1.54 bits per heavy atom. The zero-order chi connectivity index (χ0) is 18.5. The summed E-state index contributed by atoms with van der Waals surface area (Å²) in [6, 6.07) is 8.48. The van der Waals surface area contributed by atoms with Crippen molar-refractivity contribution in [1.29, 1.82) is 0 Å². The van der Waals surface area contributed by atoms with Crippen molar-refractivity contribution in [1.82, 2.24) is 0 Å². The maximum atomic E-state index is 5.87. The lowest BCUT2D eigenvalue weighted by Crippen LogP contribution is -2.31. The molecule has 0 radical (unpaired) electrons. The Morgan fingerprint density at radius 3 is 2.12 bits per heavy atom. The number of benzene rings is 2. The quantitative estimate of drug-likeness (QED) is 0.502. The summed E-state index contributed by atoms with van der Waals surface area (Å²) in [6.45, 7) is 2.29. The van der Waals surface area contributed by atoms with Crippen LogP contribution in [-0.4, -0.2) is 14.2 Å². The molecule has 0 fully saturated rings. The molecule has 0 aliphatic heterocycles. The van der Waals surface area contributed by atoms with Crippen molar-refractivity contribution in [2.24, 2.45) is 5.92 Å². The molecular weight excluding hydrogens is 456 g/mol. The van der Waals surface area contributed by atoms with Crippen LogP contribution in [0.4, 0.5) is 0 Å². The molecule has 2 aromatic rings. The highest BCUT2D eigenvalue weighted by atomic mass is 79.9. The number of hydrogen-bond donors (Lipinski definition) is 0. The first-order chi connectivity index (χ1) is 12.6. The molecule has 0 unspecified atom stereocenters. The Labute approximate surface area is 172 Å². The van der Waals surface area contributed by atoms with Crippen molar-refractivity contribution in [2.45, 2.75) is 44.4 Å². The summed E-state index contributed by atoms with van der Waals surface area (Å²) in [5, 5.41) is 0. The van der Waals surface area contributed by atoms with E-state index in [0.717, 1.165) is 30.8 Å². The zero-order valence-corrected chi connectivity index (χ0v) is 18.7. The fraction of sp³-hybridized carbons (Fsp3) is 0.455. The minimum Gasteiger partial charge on any atom is -0.496 e. The second kappa shape index (κ2) is 6.87. The lowest BCUT2D eigenvalue weighted by atomic mass is 9.68. The molecule has 0 aromatic heterocycles. The number of hydrogen-bond acceptors (Lipinski definition) is 2. The Kier molecular flexibility index (Phi) is 4.85. The normalized spacial score (nSPS) is 23.2. The molecule has 0 saturated heterocycles. The predicted octanol–water partition coefficient (Wildman–Crippen LogP) is 6.43. The maximum Gasteiger partial charge on any atom is 0.123 e. The van der Waals surface area contributed by atoms with Gasteiger partial charge < -0.3 is 9.47 Å². The number of fused-ring (bicyclic) bond motifs is 4. The van der Waals surface area contributed by atoms with E-state index in [2.05, 4.69) is 63.0 Å². The fourth-order valence-electron chi connectivity index (χ4n) is 5.39. The molecule has 1 spiro atoms. The largest absolute Gasteiger partial charge is 0.496 e. The number of ether oxygens (including phenoxy) is 2. The van der Waals surface area contributed by atoms with E-state index in [4.69, 9.17) is 9.47 Å². The number of rotatable bonds is 4. The van der Waals surface area contributed by atoms with Gasteiger partial charge in [-0.1, -0.05) is 45.2 Å². The van der Waals surface area contributed by atoms with E-state index in [-0.39, 0.29) is 5.41 Å². The highest BCUT2D eigenvalue weighted by Gasteiger charge is 2.54. The Bertz CT molecular complexity index is 841. The van der Waals surface area contributed by atoms with Crippen LogP contribution in [0.2, 0.25) is 0 Å². The van der Waals surface area contributed by atoms with E-state index in [0.29, 0.717) is 5.92 Å². The Balaban J connectivity index is 2.07. The van der Waals surface area contributed by atoms with Gasteiger partial charge in [0.05, 0.1) is 14.2 Å². The van der Waals surface area contributed by atoms with Crippen molar-refractivity contribution in [3.05, 3.63) is 55.5 Å². The van der Waals surface area contributed by atoms with E-state index in [1.807, 2.05) is 0 Å². The third kappa shape index (κ3) is 2.41. The van der Waals surface area contributed by atoms with Gasteiger partial charge in [-0.15, -0.1) is 0 Å². The summed E-state index contributed by atoms with van der Waals surface area (Å²) >= 11 is 7.61. The second-order valence-corrected chi connectivity index (χ2v) is 9.08. The van der Waals surface area contributed by atoms with Gasteiger partial charge in [-0.3, -0.25) is 0 Å². The molecule has 26 heavy (non-hydrogen) atoms. The molecule has 138 valence electrons. The molecule has 0 heterocycles. The van der Waals surface area contributed by atoms with Crippen LogP contribution in [0.1, 0.15) is 48.4 Å². The van der Waals surface area contributed by atoms with Crippen molar-refractivity contribution < 1.29 is 9.47 Å². The predicted molar refractivity (Wildman–Crippen MR) is 113 cm³/mol. The van der Waals surface area contributed by atoms with Crippen LogP contribution in [0.3, 0.4) is 0 Å². The van der Waals surface area contributed by atoms with Crippen molar-refractivity contribution in [3.8, 4) is 11.5 Å². The third-order valence-electron chi connectivity index (χ3n) is 6.32. The summed E-state index contributed by atoms with van der Waals surface area (Å²) in [5.74, 6) is 2.59. The first kappa shape index (κ1) is 18.4. The summed E-state index contributed by atoms with van der Waals surface area (Å²) < 4.78 is 14.1. The molecule has 2 aliphatic carbocycles. The van der Waals surface area contributed by atoms with Gasteiger partial charge in [0.1, 0.15) is 11.5 Å². The van der Waals surface area contributed by atoms with Gasteiger partial charge >= 0.3 is 0 Å². The van der Waals surface area contributed by atoms with Crippen LogP contribution in [-0.2, 0) is 18.3 Å². The minimum absolute atomic E-state index is 0.0229. The Morgan fingerprint density at radius 1 is 0.962 bits per heavy atom. The SMILES string of the molecule is CCC[C@H]1Cc2c(Br)ccc(OC)c2[C@@]12CCc1c(Br)ccc(OC)c12. The smallest absolute Gasteiger partial charge is 0.123 e. The third-order valence-corrected chi connectivity index (χ3v) is 7.81. The van der Waals surface area contributed by atoms with Crippen molar-refractivity contribution >= 4 is 31.9 Å². The highest BCUT2D eigenvalue weighted by Crippen LogP contribution is 2.62. The molecule has 4 heteroatoms. The molecule has 0 saturated carbocycles. The lowest BCUT2D eigenvalue weighted by molar-refractivity contribution is 0.302. The molecular formula is C22H24Br2O2. The lowest BCUT2D eigenvalue weighted by Gasteiger charge is -2.35. The van der Waals surface area contributed by atoms with Gasteiger partial charge in [-0.05, 0) is 67.0 Å². The van der Waals surface area contributed by atoms with Crippen LogP contribution >= 0.6 is 31.9 Å². The number of methoxy groups -OCH3 is 2. The average molecular weight is 480 g/mol. The first-order valence-corrected chi connectivity index (χ1v) is 10.9. The fourth-order valence-corrected chi connectivity index (χ4v) is 6.41. The molecule has 0 N–H and O–H groups in total. The highest BCUT2D eigenvalue weighted by molar-refractivity contribution is 9.10. The van der Waals surface area contributed by atoms with Gasteiger partial charge in [0, 0.05) is 25.5 Å². The second-order valence-electron chi connectivity index (χ2n) is 7.37. The van der Waals surface area contributed by atoms with Crippen LogP contribution in [0.25, 0.3) is 0 Å². The van der Waals surface area contributed by atoms with Crippen molar-refractivity contribution in [2.75, 3.05) is 14.2 Å². The van der Waals surface area contributed by atoms with Crippen molar-refractivity contribution in [3.63, 3.8) is 0 Å². The average Bonchev–Trinajstić information content (AvgIpc) is 3.19. The molecule has 2 aromatic carbocycles. The van der Waals surface area contributed by atoms with Gasteiger partial charge in [0.2, 0.25) is 0 Å². The van der Waals surface area contributed by atoms with Gasteiger partial charge in [0.15, 0.2) is 0 Å². The van der Waals surface area contributed by atoms with Crippen LogP contribution in [0.15, 0.2) is 33.2 Å². The molecule has 0 bridgehead atoms. The maximum absolute atomic E-state index is 5.87. The molecule has 0 amide bonds. The monoisotopic (exact) mass is 478 g/mol. The first-order valence-electron chi connectivity index (χ1n) is 9.30. The summed E-state index contributed by atoms with van der Waals surface area (Å²) in [7, 11) is 3.58. The van der Waals surface area contributed by atoms with E-state index < -0.39 is 0 Å². The Hall–Kier alpha value is -1.00. The summed E-state index contributed by atoms with van der Waals surface area (Å²) in [5.41, 5.74) is 5.55. The van der Waals surface area contributed by atoms with Crippen LogP contribution in [0, 0.1) is 5.92 Å². The molecule has 2 atom stereocenters. The summed E-state index contributed by atoms with van der Waals surface area (Å²) in [4.78, 5) is 0. The van der Waals surface area contributed by atoms with E-state index >= 15 is 0 Å². The van der Waals surface area contributed by atoms with Gasteiger partial charge in [-0.25, -0.2) is 0 Å². The summed E-state index contributed by atoms with van der Waals surface area (Å²) in [6.07, 6.45) is 5.68. The van der Waals surface area contributed by atoms with E-state index in [9.17, 15) is 0 Å². The zero-order valence-electron chi connectivity index (χ0n) is 15.5. The topological polar surface area (TPSA) is 18.5 Å².